The summed E-state index contributed by atoms with van der Waals surface area (Å²) in [6.45, 7) is 5.92. The van der Waals surface area contributed by atoms with Crippen molar-refractivity contribution in [3.63, 3.8) is 0 Å². The second kappa shape index (κ2) is 9.67. The van der Waals surface area contributed by atoms with Gasteiger partial charge in [0.15, 0.2) is 0 Å². The first-order valence-electron chi connectivity index (χ1n) is 7.15. The monoisotopic (exact) mass is 369 g/mol. The highest BCUT2D eigenvalue weighted by molar-refractivity contribution is 7.11. The summed E-state index contributed by atoms with van der Waals surface area (Å²) in [5.74, 6) is -0.0650. The summed E-state index contributed by atoms with van der Waals surface area (Å²) in [6, 6.07) is 0. The molecule has 0 atom stereocenters. The van der Waals surface area contributed by atoms with E-state index in [0.29, 0.717) is 32.6 Å². The maximum absolute atomic E-state index is 12.1. The number of hydrogen-bond acceptors (Lipinski definition) is 5. The number of hydrogen-bond donors (Lipinski definition) is 2. The molecule has 3 N–H and O–H groups in total. The molecule has 0 saturated carbocycles. The summed E-state index contributed by atoms with van der Waals surface area (Å²) >= 11 is 1.71. The van der Waals surface area contributed by atoms with E-state index in [9.17, 15) is 4.79 Å². The Bertz CT molecular complexity index is 477. The molecule has 22 heavy (non-hydrogen) atoms. The predicted octanol–water partition coefficient (Wildman–Crippen LogP) is 2.02. The topological polar surface area (TPSA) is 77.2 Å². The van der Waals surface area contributed by atoms with E-state index in [0.717, 1.165) is 23.5 Å². The van der Waals surface area contributed by atoms with Crippen molar-refractivity contribution < 1.29 is 9.53 Å². The van der Waals surface area contributed by atoms with Gasteiger partial charge in [0, 0.05) is 31.1 Å². The van der Waals surface area contributed by atoms with E-state index in [1.807, 2.05) is 0 Å². The third kappa shape index (κ3) is 5.35. The van der Waals surface area contributed by atoms with Crippen LogP contribution in [0.2, 0.25) is 0 Å². The number of amides is 1. The van der Waals surface area contributed by atoms with Gasteiger partial charge in [-0.25, -0.2) is 4.98 Å². The first-order valence-corrected chi connectivity index (χ1v) is 7.97. The molecule has 2 rings (SSSR count). The maximum atomic E-state index is 12.1. The summed E-state index contributed by atoms with van der Waals surface area (Å²) in [5.41, 5.74) is 6.53. The van der Waals surface area contributed by atoms with Gasteiger partial charge in [-0.1, -0.05) is 6.92 Å². The summed E-state index contributed by atoms with van der Waals surface area (Å²) in [6.07, 6.45) is 2.91. The Labute approximate surface area is 148 Å². The number of carbonyl (C=O) groups is 1. The molecule has 5 nitrogen and oxygen atoms in total. The quantitative estimate of drug-likeness (QED) is 0.832. The van der Waals surface area contributed by atoms with Crippen LogP contribution in [0.15, 0.2) is 0 Å². The van der Waals surface area contributed by atoms with Gasteiger partial charge in [-0.05, 0) is 26.2 Å². The summed E-state index contributed by atoms with van der Waals surface area (Å²) < 4.78 is 5.25. The second-order valence-electron chi connectivity index (χ2n) is 5.24. The van der Waals surface area contributed by atoms with Crippen LogP contribution in [-0.4, -0.2) is 36.2 Å². The van der Waals surface area contributed by atoms with Crippen molar-refractivity contribution in [2.75, 3.05) is 19.8 Å². The van der Waals surface area contributed by atoms with E-state index in [1.165, 1.54) is 4.88 Å². The van der Waals surface area contributed by atoms with Gasteiger partial charge in [0.1, 0.15) is 0 Å². The first kappa shape index (κ1) is 21.6. The Hall–Kier alpha value is -0.400. The lowest BCUT2D eigenvalue weighted by molar-refractivity contribution is -0.129. The Balaban J connectivity index is 0.00000220. The van der Waals surface area contributed by atoms with Gasteiger partial charge in [0.25, 0.3) is 0 Å². The molecule has 2 heterocycles. The van der Waals surface area contributed by atoms with Gasteiger partial charge in [-0.15, -0.1) is 36.2 Å². The van der Waals surface area contributed by atoms with Crippen LogP contribution in [0.4, 0.5) is 0 Å². The molecule has 1 aromatic rings. The van der Waals surface area contributed by atoms with Gasteiger partial charge in [-0.3, -0.25) is 4.79 Å². The minimum Gasteiger partial charge on any atom is -0.381 e. The smallest absolute Gasteiger partial charge is 0.240 e. The molecule has 8 heteroatoms. The number of thiazole rings is 1. The lowest BCUT2D eigenvalue weighted by atomic mass is 9.90. The number of rotatable bonds is 5. The number of nitrogens with one attached hydrogen (secondary N) is 1. The summed E-state index contributed by atoms with van der Waals surface area (Å²) in [4.78, 5) is 18.0. The Morgan fingerprint density at radius 3 is 2.59 bits per heavy atom. The molecule has 0 aliphatic carbocycles. The molecule has 0 bridgehead atoms. The molecule has 0 spiro atoms. The van der Waals surface area contributed by atoms with Crippen molar-refractivity contribution >= 4 is 42.1 Å². The molecule has 1 aliphatic heterocycles. The number of aryl methyl sites for hydroxylation is 2. The number of nitrogens with two attached hydrogens (primary N) is 1. The zero-order chi connectivity index (χ0) is 14.6. The van der Waals surface area contributed by atoms with Gasteiger partial charge in [0.2, 0.25) is 5.91 Å². The van der Waals surface area contributed by atoms with Crippen LogP contribution in [0, 0.1) is 6.92 Å². The third-order valence-electron chi connectivity index (χ3n) is 3.73. The molecule has 1 saturated heterocycles. The van der Waals surface area contributed by atoms with Crippen molar-refractivity contribution in [1.29, 1.82) is 0 Å². The molecule has 0 radical (unpaired) electrons. The highest BCUT2D eigenvalue weighted by Gasteiger charge is 2.35. The van der Waals surface area contributed by atoms with Gasteiger partial charge in [0.05, 0.1) is 16.2 Å². The minimum absolute atomic E-state index is 0. The average molecular weight is 370 g/mol. The second-order valence-corrected chi connectivity index (χ2v) is 6.53. The van der Waals surface area contributed by atoms with Crippen molar-refractivity contribution in [2.45, 2.75) is 45.1 Å². The summed E-state index contributed by atoms with van der Waals surface area (Å²) in [5, 5.41) is 4.02. The molecule has 0 unspecified atom stereocenters. The number of halogens is 2. The van der Waals surface area contributed by atoms with Crippen molar-refractivity contribution in [2.24, 2.45) is 5.73 Å². The molecule has 1 fully saturated rings. The van der Waals surface area contributed by atoms with Crippen LogP contribution in [0.5, 0.6) is 0 Å². The van der Waals surface area contributed by atoms with Crippen molar-refractivity contribution in [3.8, 4) is 0 Å². The van der Waals surface area contributed by atoms with E-state index >= 15 is 0 Å². The normalized spacial score (nSPS) is 16.3. The fourth-order valence-electron chi connectivity index (χ4n) is 2.34. The zero-order valence-electron chi connectivity index (χ0n) is 13.0. The fraction of sp³-hybridized carbons (Fsp3) is 0.714. The van der Waals surface area contributed by atoms with Crippen LogP contribution in [0.1, 0.15) is 35.3 Å². The lowest BCUT2D eigenvalue weighted by Crippen LogP contribution is -2.57. The van der Waals surface area contributed by atoms with Crippen LogP contribution in [0.25, 0.3) is 0 Å². The van der Waals surface area contributed by atoms with Crippen LogP contribution in [-0.2, 0) is 22.4 Å². The number of carbonyl (C=O) groups excluding carboxylic acids is 1. The van der Waals surface area contributed by atoms with E-state index < -0.39 is 5.54 Å². The largest absolute Gasteiger partial charge is 0.381 e. The number of ether oxygens (including phenoxy) is 1. The highest BCUT2D eigenvalue weighted by atomic mass is 35.5. The van der Waals surface area contributed by atoms with Gasteiger partial charge in [-0.2, -0.15) is 0 Å². The Morgan fingerprint density at radius 2 is 2.05 bits per heavy atom. The van der Waals surface area contributed by atoms with Crippen molar-refractivity contribution in [1.82, 2.24) is 10.3 Å². The Morgan fingerprint density at radius 1 is 1.41 bits per heavy atom. The van der Waals surface area contributed by atoms with Crippen molar-refractivity contribution in [3.05, 3.63) is 15.6 Å². The van der Waals surface area contributed by atoms with E-state index in [1.54, 1.807) is 11.3 Å². The van der Waals surface area contributed by atoms with E-state index in [4.69, 9.17) is 10.5 Å². The molecular formula is C14H25Cl2N3O2S. The predicted molar refractivity (Wildman–Crippen MR) is 94.4 cm³/mol. The van der Waals surface area contributed by atoms with E-state index in [-0.39, 0.29) is 30.7 Å². The molecule has 1 aliphatic rings. The molecule has 1 aromatic heterocycles. The molecule has 128 valence electrons. The number of aromatic nitrogens is 1. The third-order valence-corrected chi connectivity index (χ3v) is 4.81. The molecule has 1 amide bonds. The van der Waals surface area contributed by atoms with Crippen LogP contribution in [0.3, 0.4) is 0 Å². The number of nitrogens with zero attached hydrogens (tertiary/aromatic N) is 1. The zero-order valence-corrected chi connectivity index (χ0v) is 15.5. The SMILES string of the molecule is CCc1nc(CCNC(=O)C2(N)CCOCC2)sc1C.Cl.Cl. The molecule has 0 aromatic carbocycles. The van der Waals surface area contributed by atoms with E-state index in [2.05, 4.69) is 24.1 Å². The molecular weight excluding hydrogens is 345 g/mol. The Kier molecular flexibility index (Phi) is 9.50. The standard InChI is InChI=1S/C14H23N3O2S.2ClH/c1-3-11-10(2)20-12(17-11)4-7-16-13(18)14(15)5-8-19-9-6-14;;/h3-9,15H2,1-2H3,(H,16,18);2*1H. The van der Waals surface area contributed by atoms with Crippen LogP contribution >= 0.6 is 36.2 Å². The maximum Gasteiger partial charge on any atom is 0.240 e. The highest BCUT2D eigenvalue weighted by Crippen LogP contribution is 2.19. The summed E-state index contributed by atoms with van der Waals surface area (Å²) in [7, 11) is 0. The fourth-order valence-corrected chi connectivity index (χ4v) is 3.37. The first-order chi connectivity index (χ1) is 9.55. The van der Waals surface area contributed by atoms with Gasteiger partial charge >= 0.3 is 0 Å². The van der Waals surface area contributed by atoms with Gasteiger partial charge < -0.3 is 15.8 Å². The van der Waals surface area contributed by atoms with Crippen LogP contribution < -0.4 is 11.1 Å². The average Bonchev–Trinajstić information content (AvgIpc) is 2.80. The minimum atomic E-state index is -0.758. The lowest BCUT2D eigenvalue weighted by Gasteiger charge is -2.31.